The van der Waals surface area contributed by atoms with E-state index in [1.54, 1.807) is 0 Å². The van der Waals surface area contributed by atoms with Crippen molar-refractivity contribution in [2.75, 3.05) is 0 Å². The van der Waals surface area contributed by atoms with E-state index in [0.717, 1.165) is 23.7 Å². The first-order valence-corrected chi connectivity index (χ1v) is 8.33. The maximum absolute atomic E-state index is 4.84. The lowest BCUT2D eigenvalue weighted by Crippen LogP contribution is -2.14. The van der Waals surface area contributed by atoms with Gasteiger partial charge in [-0.3, -0.25) is 4.68 Å². The van der Waals surface area contributed by atoms with Crippen molar-refractivity contribution in [3.63, 3.8) is 0 Å². The molecule has 1 aromatic heterocycles. The molecule has 3 rings (SSSR count). The highest BCUT2D eigenvalue weighted by Crippen LogP contribution is 2.27. The summed E-state index contributed by atoms with van der Waals surface area (Å²) in [6.45, 7) is 5.09. The van der Waals surface area contributed by atoms with E-state index < -0.39 is 0 Å². The number of hydrogen-bond acceptors (Lipinski definition) is 1. The van der Waals surface area contributed by atoms with Crippen molar-refractivity contribution in [3.05, 3.63) is 41.6 Å². The van der Waals surface area contributed by atoms with Crippen molar-refractivity contribution in [3.8, 4) is 23.1 Å². The molecular formula is C20H24N2. The lowest BCUT2D eigenvalue weighted by Gasteiger charge is -2.21. The second-order valence-electron chi connectivity index (χ2n) is 6.34. The molecule has 1 aliphatic carbocycles. The van der Waals surface area contributed by atoms with Crippen LogP contribution in [0.4, 0.5) is 0 Å². The normalized spacial score (nSPS) is 15.4. The van der Waals surface area contributed by atoms with Gasteiger partial charge in [0.2, 0.25) is 0 Å². The Labute approximate surface area is 133 Å². The Kier molecular flexibility index (Phi) is 4.63. The third-order valence-electron chi connectivity index (χ3n) is 4.52. The summed E-state index contributed by atoms with van der Waals surface area (Å²) in [7, 11) is 0. The molecule has 1 saturated carbocycles. The number of hydrogen-bond donors (Lipinski definition) is 0. The molecule has 0 radical (unpaired) electrons. The van der Waals surface area contributed by atoms with Gasteiger partial charge in [0, 0.05) is 23.9 Å². The third kappa shape index (κ3) is 3.42. The van der Waals surface area contributed by atoms with Crippen molar-refractivity contribution in [2.24, 2.45) is 5.92 Å². The summed E-state index contributed by atoms with van der Waals surface area (Å²) in [5.41, 5.74) is 4.56. The number of benzene rings is 1. The quantitative estimate of drug-likeness (QED) is 0.742. The third-order valence-corrected chi connectivity index (χ3v) is 4.52. The second kappa shape index (κ2) is 6.83. The molecule has 2 heteroatoms. The van der Waals surface area contributed by atoms with Crippen LogP contribution in [0.1, 0.15) is 50.2 Å². The van der Waals surface area contributed by atoms with Crippen molar-refractivity contribution >= 4 is 0 Å². The highest BCUT2D eigenvalue weighted by molar-refractivity contribution is 5.64. The summed E-state index contributed by atoms with van der Waals surface area (Å²) < 4.78 is 2.15. The van der Waals surface area contributed by atoms with Gasteiger partial charge in [0.1, 0.15) is 0 Å². The maximum Gasteiger partial charge on any atom is 0.0952 e. The Morgan fingerprint density at radius 1 is 1.23 bits per heavy atom. The van der Waals surface area contributed by atoms with Gasteiger partial charge in [0.05, 0.1) is 5.69 Å². The molecule has 0 N–H and O–H groups in total. The van der Waals surface area contributed by atoms with E-state index in [2.05, 4.69) is 47.8 Å². The fourth-order valence-corrected chi connectivity index (χ4v) is 3.42. The van der Waals surface area contributed by atoms with Crippen LogP contribution in [0.2, 0.25) is 0 Å². The molecule has 0 aliphatic heterocycles. The fourth-order valence-electron chi connectivity index (χ4n) is 3.42. The molecule has 1 aliphatic rings. The van der Waals surface area contributed by atoms with Gasteiger partial charge in [-0.2, -0.15) is 5.10 Å². The molecular weight excluding hydrogens is 268 g/mol. The summed E-state index contributed by atoms with van der Waals surface area (Å²) in [5, 5.41) is 4.84. The standard InChI is InChI=1S/C20H24N2/c1-3-8-17-11-7-12-19(13-17)20-16(2)14-22(21-20)15-18-9-5-4-6-10-18/h7,11-14,18H,4-6,9-10,15H2,1-2H3. The van der Waals surface area contributed by atoms with Crippen LogP contribution in [-0.4, -0.2) is 9.78 Å². The molecule has 0 saturated heterocycles. The maximum atomic E-state index is 4.84. The van der Waals surface area contributed by atoms with Gasteiger partial charge in [-0.15, -0.1) is 5.92 Å². The molecule has 2 nitrogen and oxygen atoms in total. The van der Waals surface area contributed by atoms with Gasteiger partial charge in [-0.25, -0.2) is 0 Å². The summed E-state index contributed by atoms with van der Waals surface area (Å²) in [6, 6.07) is 8.38. The second-order valence-corrected chi connectivity index (χ2v) is 6.34. The van der Waals surface area contributed by atoms with Crippen LogP contribution >= 0.6 is 0 Å². The Balaban J connectivity index is 1.82. The fraction of sp³-hybridized carbons (Fsp3) is 0.450. The van der Waals surface area contributed by atoms with E-state index in [4.69, 9.17) is 5.10 Å². The predicted octanol–water partition coefficient (Wildman–Crippen LogP) is 4.81. The molecule has 1 fully saturated rings. The van der Waals surface area contributed by atoms with Crippen LogP contribution in [-0.2, 0) is 6.54 Å². The van der Waals surface area contributed by atoms with Crippen molar-refractivity contribution < 1.29 is 0 Å². The van der Waals surface area contributed by atoms with E-state index in [9.17, 15) is 0 Å². The zero-order chi connectivity index (χ0) is 15.4. The van der Waals surface area contributed by atoms with E-state index in [0.29, 0.717) is 0 Å². The predicted molar refractivity (Wildman–Crippen MR) is 91.5 cm³/mol. The lowest BCUT2D eigenvalue weighted by molar-refractivity contribution is 0.308. The minimum atomic E-state index is 0.804. The Morgan fingerprint density at radius 2 is 2.05 bits per heavy atom. The number of nitrogens with zero attached hydrogens (tertiary/aromatic N) is 2. The van der Waals surface area contributed by atoms with Crippen LogP contribution in [0.3, 0.4) is 0 Å². The van der Waals surface area contributed by atoms with Crippen LogP contribution in [0.15, 0.2) is 30.5 Å². The van der Waals surface area contributed by atoms with Crippen molar-refractivity contribution in [1.82, 2.24) is 9.78 Å². The Bertz CT molecular complexity index is 694. The van der Waals surface area contributed by atoms with E-state index in [1.807, 2.05) is 13.0 Å². The lowest BCUT2D eigenvalue weighted by atomic mass is 9.89. The topological polar surface area (TPSA) is 17.8 Å². The summed E-state index contributed by atoms with van der Waals surface area (Å²) in [4.78, 5) is 0. The largest absolute Gasteiger partial charge is 0.272 e. The van der Waals surface area contributed by atoms with Gasteiger partial charge in [0.15, 0.2) is 0 Å². The molecule has 0 atom stereocenters. The zero-order valence-electron chi connectivity index (χ0n) is 13.6. The molecule has 2 aromatic rings. The number of aryl methyl sites for hydroxylation is 1. The minimum absolute atomic E-state index is 0.804. The molecule has 114 valence electrons. The molecule has 0 spiro atoms. The summed E-state index contributed by atoms with van der Waals surface area (Å²) in [5.74, 6) is 6.89. The first-order valence-electron chi connectivity index (χ1n) is 8.33. The Hall–Kier alpha value is -2.01. The highest BCUT2D eigenvalue weighted by atomic mass is 15.3. The molecule has 1 aromatic carbocycles. The van der Waals surface area contributed by atoms with Crippen molar-refractivity contribution in [2.45, 2.75) is 52.5 Å². The van der Waals surface area contributed by atoms with Gasteiger partial charge >= 0.3 is 0 Å². The van der Waals surface area contributed by atoms with E-state index >= 15 is 0 Å². The van der Waals surface area contributed by atoms with Gasteiger partial charge in [-0.1, -0.05) is 37.3 Å². The Morgan fingerprint density at radius 3 is 2.82 bits per heavy atom. The monoisotopic (exact) mass is 292 g/mol. The molecule has 22 heavy (non-hydrogen) atoms. The van der Waals surface area contributed by atoms with E-state index in [1.165, 1.54) is 43.2 Å². The summed E-state index contributed by atoms with van der Waals surface area (Å²) in [6.07, 6.45) is 9.09. The average Bonchev–Trinajstić information content (AvgIpc) is 2.89. The smallest absolute Gasteiger partial charge is 0.0952 e. The number of rotatable bonds is 3. The van der Waals surface area contributed by atoms with Gasteiger partial charge < -0.3 is 0 Å². The molecule has 0 amide bonds. The first kappa shape index (κ1) is 14.9. The highest BCUT2D eigenvalue weighted by Gasteiger charge is 2.15. The van der Waals surface area contributed by atoms with Crippen LogP contribution in [0, 0.1) is 24.7 Å². The van der Waals surface area contributed by atoms with Crippen LogP contribution < -0.4 is 0 Å². The molecule has 0 unspecified atom stereocenters. The van der Waals surface area contributed by atoms with E-state index in [-0.39, 0.29) is 0 Å². The zero-order valence-corrected chi connectivity index (χ0v) is 13.6. The molecule has 1 heterocycles. The van der Waals surface area contributed by atoms with Gasteiger partial charge in [-0.05, 0) is 50.3 Å². The summed E-state index contributed by atoms with van der Waals surface area (Å²) >= 11 is 0. The minimum Gasteiger partial charge on any atom is -0.272 e. The van der Waals surface area contributed by atoms with Crippen molar-refractivity contribution in [1.29, 1.82) is 0 Å². The molecule has 0 bridgehead atoms. The number of aromatic nitrogens is 2. The van der Waals surface area contributed by atoms with Crippen LogP contribution in [0.25, 0.3) is 11.3 Å². The first-order chi connectivity index (χ1) is 10.8. The SMILES string of the molecule is CC#Cc1cccc(-c2nn(CC3CCCCC3)cc2C)c1. The average molecular weight is 292 g/mol. The van der Waals surface area contributed by atoms with Gasteiger partial charge in [0.25, 0.3) is 0 Å². The van der Waals surface area contributed by atoms with Crippen LogP contribution in [0.5, 0.6) is 0 Å².